The van der Waals surface area contributed by atoms with Crippen LogP contribution in [-0.4, -0.2) is 10.9 Å². The molecule has 5 heteroatoms. The molecule has 0 spiro atoms. The van der Waals surface area contributed by atoms with E-state index in [1.807, 2.05) is 39.0 Å². The fraction of sp³-hybridized carbons (Fsp3) is 0.333. The van der Waals surface area contributed by atoms with Gasteiger partial charge in [0.2, 0.25) is 11.8 Å². The number of nitrogens with one attached hydrogen (secondary N) is 1. The van der Waals surface area contributed by atoms with E-state index in [1.165, 1.54) is 0 Å². The zero-order valence-corrected chi connectivity index (χ0v) is 11.9. The number of hydrogen-bond acceptors (Lipinski definition) is 4. The van der Waals surface area contributed by atoms with Crippen LogP contribution in [0.4, 0.5) is 5.69 Å². The number of anilines is 1. The van der Waals surface area contributed by atoms with Gasteiger partial charge in [-0.25, -0.2) is 4.98 Å². The molecule has 1 heterocycles. The van der Waals surface area contributed by atoms with Crippen LogP contribution in [0.5, 0.6) is 0 Å². The Kier molecular flexibility index (Phi) is 4.08. The molecule has 2 aromatic rings. The lowest BCUT2D eigenvalue weighted by Crippen LogP contribution is -2.30. The maximum absolute atomic E-state index is 12.2. The van der Waals surface area contributed by atoms with Gasteiger partial charge in [-0.1, -0.05) is 12.1 Å². The molecule has 3 N–H and O–H groups in total. The molecule has 1 aromatic carbocycles. The van der Waals surface area contributed by atoms with Gasteiger partial charge in [-0.15, -0.1) is 0 Å². The zero-order chi connectivity index (χ0) is 14.7. The van der Waals surface area contributed by atoms with Gasteiger partial charge in [-0.05, 0) is 38.5 Å². The molecule has 2 rings (SSSR count). The van der Waals surface area contributed by atoms with Crippen molar-refractivity contribution in [2.75, 3.05) is 5.73 Å². The number of rotatable bonds is 4. The summed E-state index contributed by atoms with van der Waals surface area (Å²) in [6, 6.07) is 7.08. The number of nitrogen functional groups attached to an aromatic ring is 1. The molecule has 0 fully saturated rings. The van der Waals surface area contributed by atoms with Crippen molar-refractivity contribution in [1.29, 1.82) is 0 Å². The summed E-state index contributed by atoms with van der Waals surface area (Å²) in [6.07, 6.45) is 1.64. The van der Waals surface area contributed by atoms with Crippen LogP contribution in [-0.2, 0) is 4.79 Å². The molecule has 0 aliphatic rings. The highest BCUT2D eigenvalue weighted by molar-refractivity contribution is 5.83. The lowest BCUT2D eigenvalue weighted by molar-refractivity contribution is -0.123. The molecule has 2 atom stereocenters. The van der Waals surface area contributed by atoms with E-state index in [1.54, 1.807) is 12.3 Å². The molecule has 0 bridgehead atoms. The number of nitrogens with zero attached hydrogens (tertiary/aromatic N) is 1. The van der Waals surface area contributed by atoms with Crippen molar-refractivity contribution in [2.24, 2.45) is 0 Å². The van der Waals surface area contributed by atoms with Gasteiger partial charge in [0, 0.05) is 5.69 Å². The third kappa shape index (κ3) is 3.17. The number of aromatic nitrogens is 1. The third-order valence-electron chi connectivity index (χ3n) is 3.17. The monoisotopic (exact) mass is 273 g/mol. The Hall–Kier alpha value is -2.30. The molecule has 0 saturated heterocycles. The first-order chi connectivity index (χ1) is 9.47. The van der Waals surface area contributed by atoms with E-state index in [4.69, 9.17) is 10.2 Å². The van der Waals surface area contributed by atoms with Crippen molar-refractivity contribution < 1.29 is 9.21 Å². The highest BCUT2D eigenvalue weighted by Crippen LogP contribution is 2.20. The predicted octanol–water partition coefficient (Wildman–Crippen LogP) is 2.55. The number of nitrogens with two attached hydrogens (primary N) is 1. The molecule has 0 aliphatic carbocycles. The Morgan fingerprint density at radius 3 is 2.75 bits per heavy atom. The van der Waals surface area contributed by atoms with Crippen molar-refractivity contribution in [1.82, 2.24) is 10.3 Å². The molecule has 20 heavy (non-hydrogen) atoms. The molecule has 0 saturated carbocycles. The summed E-state index contributed by atoms with van der Waals surface area (Å²) in [7, 11) is 0. The van der Waals surface area contributed by atoms with Gasteiger partial charge < -0.3 is 15.5 Å². The van der Waals surface area contributed by atoms with Crippen molar-refractivity contribution in [3.8, 4) is 0 Å². The van der Waals surface area contributed by atoms with E-state index in [-0.39, 0.29) is 17.9 Å². The minimum Gasteiger partial charge on any atom is -0.444 e. The number of carbonyl (C=O) groups excluding carboxylic acids is 1. The number of oxazole rings is 1. The maximum Gasteiger partial charge on any atom is 0.227 e. The van der Waals surface area contributed by atoms with Crippen LogP contribution >= 0.6 is 0 Å². The van der Waals surface area contributed by atoms with Crippen molar-refractivity contribution in [3.63, 3.8) is 0 Å². The molecular weight excluding hydrogens is 254 g/mol. The minimum absolute atomic E-state index is 0.0843. The first-order valence-corrected chi connectivity index (χ1v) is 6.55. The first kappa shape index (κ1) is 14.1. The van der Waals surface area contributed by atoms with E-state index < -0.39 is 0 Å². The molecule has 0 radical (unpaired) electrons. The van der Waals surface area contributed by atoms with Gasteiger partial charge in [0.1, 0.15) is 11.8 Å². The second-order valence-electron chi connectivity index (χ2n) is 4.93. The van der Waals surface area contributed by atoms with Gasteiger partial charge in [-0.3, -0.25) is 4.79 Å². The van der Waals surface area contributed by atoms with Crippen molar-refractivity contribution in [2.45, 2.75) is 32.7 Å². The van der Waals surface area contributed by atoms with Crippen LogP contribution in [0.15, 0.2) is 34.9 Å². The topological polar surface area (TPSA) is 81.2 Å². The molecule has 2 unspecified atom stereocenters. The molecule has 5 nitrogen and oxygen atoms in total. The van der Waals surface area contributed by atoms with E-state index in [2.05, 4.69) is 10.3 Å². The smallest absolute Gasteiger partial charge is 0.227 e. The summed E-state index contributed by atoms with van der Waals surface area (Å²) in [6.45, 7) is 5.51. The van der Waals surface area contributed by atoms with Crippen molar-refractivity contribution >= 4 is 11.6 Å². The summed E-state index contributed by atoms with van der Waals surface area (Å²) >= 11 is 0. The average Bonchev–Trinajstić information content (AvgIpc) is 2.84. The molecule has 1 aromatic heterocycles. The first-order valence-electron chi connectivity index (χ1n) is 6.55. The Labute approximate surface area is 118 Å². The summed E-state index contributed by atoms with van der Waals surface area (Å²) < 4.78 is 5.40. The summed E-state index contributed by atoms with van der Waals surface area (Å²) in [5.41, 5.74) is 7.27. The van der Waals surface area contributed by atoms with Crippen molar-refractivity contribution in [3.05, 3.63) is 47.7 Å². The number of benzene rings is 1. The Bertz CT molecular complexity index is 607. The van der Waals surface area contributed by atoms with Gasteiger partial charge in [0.25, 0.3) is 0 Å². The maximum atomic E-state index is 12.2. The quantitative estimate of drug-likeness (QED) is 0.839. The Balaban J connectivity index is 2.04. The van der Waals surface area contributed by atoms with E-state index in [0.29, 0.717) is 11.6 Å². The molecule has 0 aliphatic heterocycles. The Morgan fingerprint density at radius 2 is 2.15 bits per heavy atom. The average molecular weight is 273 g/mol. The molecule has 1 amide bonds. The van der Waals surface area contributed by atoms with Gasteiger partial charge in [0.05, 0.1) is 12.1 Å². The largest absolute Gasteiger partial charge is 0.444 e. The number of hydrogen-bond donors (Lipinski definition) is 2. The van der Waals surface area contributed by atoms with Crippen LogP contribution in [0, 0.1) is 6.92 Å². The zero-order valence-electron chi connectivity index (χ0n) is 11.9. The second-order valence-corrected chi connectivity index (χ2v) is 4.93. The number of aryl methyl sites for hydroxylation is 1. The van der Waals surface area contributed by atoms with E-state index >= 15 is 0 Å². The second kappa shape index (κ2) is 5.77. The summed E-state index contributed by atoms with van der Waals surface area (Å²) in [5.74, 6) is 0.872. The molecule has 106 valence electrons. The van der Waals surface area contributed by atoms with E-state index in [0.717, 1.165) is 11.3 Å². The standard InChI is InChI=1S/C15H19N3O2/c1-9-8-17-15(20-9)11(3)18-14(19)10(2)12-5-4-6-13(16)7-12/h4-8,10-11H,16H2,1-3H3,(H,18,19). The van der Waals surface area contributed by atoms with Crippen LogP contribution in [0.3, 0.4) is 0 Å². The summed E-state index contributed by atoms with van der Waals surface area (Å²) in [4.78, 5) is 16.3. The van der Waals surface area contributed by atoms with Crippen LogP contribution < -0.4 is 11.1 Å². The van der Waals surface area contributed by atoms with E-state index in [9.17, 15) is 4.79 Å². The van der Waals surface area contributed by atoms with Crippen LogP contribution in [0.2, 0.25) is 0 Å². The van der Waals surface area contributed by atoms with Gasteiger partial charge in [-0.2, -0.15) is 0 Å². The van der Waals surface area contributed by atoms with Gasteiger partial charge >= 0.3 is 0 Å². The highest BCUT2D eigenvalue weighted by atomic mass is 16.4. The number of amides is 1. The predicted molar refractivity (Wildman–Crippen MR) is 77.1 cm³/mol. The Morgan fingerprint density at radius 1 is 1.40 bits per heavy atom. The normalized spacial score (nSPS) is 13.8. The lowest BCUT2D eigenvalue weighted by Gasteiger charge is -2.16. The summed E-state index contributed by atoms with van der Waals surface area (Å²) in [5, 5.41) is 2.89. The minimum atomic E-state index is -0.281. The van der Waals surface area contributed by atoms with Gasteiger partial charge in [0.15, 0.2) is 0 Å². The third-order valence-corrected chi connectivity index (χ3v) is 3.17. The molecular formula is C15H19N3O2. The van der Waals surface area contributed by atoms with Crippen LogP contribution in [0.1, 0.15) is 43.0 Å². The SMILES string of the molecule is Cc1cnc(C(C)NC(=O)C(C)c2cccc(N)c2)o1. The fourth-order valence-corrected chi connectivity index (χ4v) is 1.95. The fourth-order valence-electron chi connectivity index (χ4n) is 1.95. The van der Waals surface area contributed by atoms with Crippen LogP contribution in [0.25, 0.3) is 0 Å². The lowest BCUT2D eigenvalue weighted by atomic mass is 9.99. The highest BCUT2D eigenvalue weighted by Gasteiger charge is 2.20. The number of carbonyl (C=O) groups is 1.